The van der Waals surface area contributed by atoms with Crippen LogP contribution in [0.1, 0.15) is 11.4 Å². The molecule has 0 atom stereocenters. The van der Waals surface area contributed by atoms with Gasteiger partial charge in [0, 0.05) is 11.6 Å². The van der Waals surface area contributed by atoms with Gasteiger partial charge in [-0.2, -0.15) is 5.26 Å². The Balaban J connectivity index is 2.65. The molecule has 0 saturated carbocycles. The van der Waals surface area contributed by atoms with Crippen molar-refractivity contribution in [2.75, 3.05) is 7.11 Å². The molecular formula is C13H10ClN3O. The molecule has 0 unspecified atom stereocenters. The Kier molecular flexibility index (Phi) is 3.45. The van der Waals surface area contributed by atoms with Crippen LogP contribution >= 0.6 is 11.6 Å². The van der Waals surface area contributed by atoms with E-state index in [2.05, 4.69) is 16.0 Å². The highest BCUT2D eigenvalue weighted by molar-refractivity contribution is 6.29. The van der Waals surface area contributed by atoms with Crippen molar-refractivity contribution < 1.29 is 4.74 Å². The minimum atomic E-state index is 0.363. The van der Waals surface area contributed by atoms with Crippen LogP contribution in [-0.4, -0.2) is 17.1 Å². The number of rotatable bonds is 2. The van der Waals surface area contributed by atoms with Crippen LogP contribution in [0.25, 0.3) is 11.3 Å². The lowest BCUT2D eigenvalue weighted by Gasteiger charge is -2.09. The number of ether oxygens (including phenoxy) is 1. The molecule has 18 heavy (non-hydrogen) atoms. The lowest BCUT2D eigenvalue weighted by atomic mass is 10.1. The van der Waals surface area contributed by atoms with Gasteiger partial charge in [0.15, 0.2) is 0 Å². The predicted molar refractivity (Wildman–Crippen MR) is 68.5 cm³/mol. The Bertz CT molecular complexity index is 614. The summed E-state index contributed by atoms with van der Waals surface area (Å²) >= 11 is 5.91. The molecule has 2 rings (SSSR count). The van der Waals surface area contributed by atoms with Crippen LogP contribution in [-0.2, 0) is 0 Å². The fraction of sp³-hybridized carbons (Fsp3) is 0.154. The van der Waals surface area contributed by atoms with E-state index in [1.807, 2.05) is 0 Å². The number of aromatic nitrogens is 2. The fourth-order valence-corrected chi connectivity index (χ4v) is 1.87. The molecule has 0 spiro atoms. The first-order valence-electron chi connectivity index (χ1n) is 5.23. The lowest BCUT2D eigenvalue weighted by Crippen LogP contribution is -1.95. The molecule has 0 amide bonds. The van der Waals surface area contributed by atoms with E-state index >= 15 is 0 Å². The second kappa shape index (κ2) is 5.03. The number of benzene rings is 1. The van der Waals surface area contributed by atoms with E-state index in [0.717, 1.165) is 5.56 Å². The van der Waals surface area contributed by atoms with Crippen LogP contribution in [0.4, 0.5) is 0 Å². The first-order valence-corrected chi connectivity index (χ1v) is 5.61. The maximum absolute atomic E-state index is 8.93. The van der Waals surface area contributed by atoms with Gasteiger partial charge >= 0.3 is 0 Å². The fourth-order valence-electron chi connectivity index (χ4n) is 1.65. The SMILES string of the molecule is COc1ccc(C#N)cc1-c1cc(Cl)nc(C)n1. The molecule has 1 aromatic carbocycles. The molecule has 0 saturated heterocycles. The summed E-state index contributed by atoms with van der Waals surface area (Å²) in [5, 5.41) is 9.29. The second-order valence-corrected chi connectivity index (χ2v) is 4.04. The molecule has 2 aromatic rings. The van der Waals surface area contributed by atoms with Crippen molar-refractivity contribution in [3.63, 3.8) is 0 Å². The van der Waals surface area contributed by atoms with E-state index in [4.69, 9.17) is 21.6 Å². The maximum atomic E-state index is 8.93. The van der Waals surface area contributed by atoms with Gasteiger partial charge in [-0.15, -0.1) is 0 Å². The van der Waals surface area contributed by atoms with Gasteiger partial charge in [-0.25, -0.2) is 9.97 Å². The highest BCUT2D eigenvalue weighted by Crippen LogP contribution is 2.30. The summed E-state index contributed by atoms with van der Waals surface area (Å²) in [6, 6.07) is 8.88. The predicted octanol–water partition coefficient (Wildman–Crippen LogP) is 2.99. The molecule has 0 bridgehead atoms. The smallest absolute Gasteiger partial charge is 0.133 e. The Morgan fingerprint density at radius 1 is 1.28 bits per heavy atom. The molecule has 1 aromatic heterocycles. The van der Waals surface area contributed by atoms with Crippen LogP contribution < -0.4 is 4.74 Å². The Hall–Kier alpha value is -2.12. The van der Waals surface area contributed by atoms with Crippen LogP contribution in [0.5, 0.6) is 5.75 Å². The highest BCUT2D eigenvalue weighted by Gasteiger charge is 2.10. The third kappa shape index (κ3) is 2.41. The van der Waals surface area contributed by atoms with Crippen LogP contribution in [0, 0.1) is 18.3 Å². The van der Waals surface area contributed by atoms with Crippen molar-refractivity contribution in [2.24, 2.45) is 0 Å². The van der Waals surface area contributed by atoms with Gasteiger partial charge in [0.05, 0.1) is 24.4 Å². The first kappa shape index (κ1) is 12.3. The Morgan fingerprint density at radius 2 is 2.06 bits per heavy atom. The monoisotopic (exact) mass is 259 g/mol. The third-order valence-electron chi connectivity index (χ3n) is 2.41. The van der Waals surface area contributed by atoms with Crippen molar-refractivity contribution >= 4 is 11.6 Å². The summed E-state index contributed by atoms with van der Waals surface area (Å²) in [4.78, 5) is 8.31. The second-order valence-electron chi connectivity index (χ2n) is 3.65. The topological polar surface area (TPSA) is 58.8 Å². The number of halogens is 1. The minimum absolute atomic E-state index is 0.363. The number of methoxy groups -OCH3 is 1. The van der Waals surface area contributed by atoms with Gasteiger partial charge in [-0.05, 0) is 25.1 Å². The van der Waals surface area contributed by atoms with Gasteiger partial charge in [-0.1, -0.05) is 11.6 Å². The molecular weight excluding hydrogens is 250 g/mol. The molecule has 5 heteroatoms. The summed E-state index contributed by atoms with van der Waals surface area (Å²) in [5.41, 5.74) is 1.91. The molecule has 0 aliphatic carbocycles. The van der Waals surface area contributed by atoms with Crippen molar-refractivity contribution in [1.82, 2.24) is 9.97 Å². The molecule has 90 valence electrons. The molecule has 0 aliphatic heterocycles. The normalized spacial score (nSPS) is 9.89. The number of nitriles is 1. The molecule has 0 radical (unpaired) electrons. The van der Waals surface area contributed by atoms with E-state index in [1.165, 1.54) is 0 Å². The summed E-state index contributed by atoms with van der Waals surface area (Å²) in [7, 11) is 1.57. The van der Waals surface area contributed by atoms with E-state index < -0.39 is 0 Å². The van der Waals surface area contributed by atoms with E-state index in [9.17, 15) is 0 Å². The average molecular weight is 260 g/mol. The molecule has 4 nitrogen and oxygen atoms in total. The molecule has 1 heterocycles. The minimum Gasteiger partial charge on any atom is -0.496 e. The number of hydrogen-bond acceptors (Lipinski definition) is 4. The maximum Gasteiger partial charge on any atom is 0.133 e. The summed E-state index contributed by atoms with van der Waals surface area (Å²) < 4.78 is 5.27. The zero-order chi connectivity index (χ0) is 13.1. The average Bonchev–Trinajstić information content (AvgIpc) is 2.36. The number of hydrogen-bond donors (Lipinski definition) is 0. The van der Waals surface area contributed by atoms with E-state index in [1.54, 1.807) is 38.3 Å². The molecule has 0 aliphatic rings. The summed E-state index contributed by atoms with van der Waals surface area (Å²) in [6.45, 7) is 1.76. The van der Waals surface area contributed by atoms with Gasteiger partial charge in [0.25, 0.3) is 0 Å². The standard InChI is InChI=1S/C13H10ClN3O/c1-8-16-11(6-13(14)17-8)10-5-9(7-15)3-4-12(10)18-2/h3-6H,1-2H3. The Morgan fingerprint density at radius 3 is 2.67 bits per heavy atom. The van der Waals surface area contributed by atoms with Crippen LogP contribution in [0.2, 0.25) is 5.15 Å². The Labute approximate surface area is 110 Å². The van der Waals surface area contributed by atoms with Crippen LogP contribution in [0.3, 0.4) is 0 Å². The highest BCUT2D eigenvalue weighted by atomic mass is 35.5. The van der Waals surface area contributed by atoms with Crippen molar-refractivity contribution in [3.8, 4) is 23.1 Å². The largest absolute Gasteiger partial charge is 0.496 e. The van der Waals surface area contributed by atoms with Crippen molar-refractivity contribution in [3.05, 3.63) is 40.8 Å². The summed E-state index contributed by atoms with van der Waals surface area (Å²) in [6.07, 6.45) is 0. The van der Waals surface area contributed by atoms with Gasteiger partial charge in [-0.3, -0.25) is 0 Å². The van der Waals surface area contributed by atoms with E-state index in [-0.39, 0.29) is 0 Å². The lowest BCUT2D eigenvalue weighted by molar-refractivity contribution is 0.416. The van der Waals surface area contributed by atoms with Crippen LogP contribution in [0.15, 0.2) is 24.3 Å². The van der Waals surface area contributed by atoms with Crippen molar-refractivity contribution in [1.29, 1.82) is 5.26 Å². The quantitative estimate of drug-likeness (QED) is 0.778. The van der Waals surface area contributed by atoms with Gasteiger partial charge < -0.3 is 4.74 Å². The first-order chi connectivity index (χ1) is 8.63. The van der Waals surface area contributed by atoms with Gasteiger partial charge in [0.2, 0.25) is 0 Å². The zero-order valence-corrected chi connectivity index (χ0v) is 10.7. The summed E-state index contributed by atoms with van der Waals surface area (Å²) in [5.74, 6) is 1.21. The number of aryl methyl sites for hydroxylation is 1. The van der Waals surface area contributed by atoms with Crippen molar-refractivity contribution in [2.45, 2.75) is 6.92 Å². The number of nitrogens with zero attached hydrogens (tertiary/aromatic N) is 3. The third-order valence-corrected chi connectivity index (χ3v) is 2.60. The zero-order valence-electron chi connectivity index (χ0n) is 9.94. The molecule has 0 N–H and O–H groups in total. The van der Waals surface area contributed by atoms with E-state index in [0.29, 0.717) is 28.0 Å². The van der Waals surface area contributed by atoms with Gasteiger partial charge in [0.1, 0.15) is 16.7 Å². The molecule has 0 fully saturated rings.